The van der Waals surface area contributed by atoms with Crippen molar-refractivity contribution in [3.8, 4) is 0 Å². The van der Waals surface area contributed by atoms with Gasteiger partial charge < -0.3 is 14.7 Å². The topological polar surface area (TPSA) is 64.2 Å². The van der Waals surface area contributed by atoms with Gasteiger partial charge in [0.2, 0.25) is 0 Å². The maximum atomic E-state index is 13.6. The molecule has 0 spiro atoms. The zero-order valence-corrected chi connectivity index (χ0v) is 33.5. The molecular formula is C45H66N4O3. The van der Waals surface area contributed by atoms with Crippen molar-refractivity contribution in [2.24, 2.45) is 11.8 Å². The van der Waals surface area contributed by atoms with Crippen LogP contribution in [0.3, 0.4) is 0 Å². The highest BCUT2D eigenvalue weighted by atomic mass is 16.2. The van der Waals surface area contributed by atoms with Gasteiger partial charge in [-0.3, -0.25) is 19.3 Å². The monoisotopic (exact) mass is 711 g/mol. The molecule has 0 bridgehead atoms. The summed E-state index contributed by atoms with van der Waals surface area (Å²) in [5.41, 5.74) is 5.66. The quantitative estimate of drug-likeness (QED) is 0.105. The summed E-state index contributed by atoms with van der Waals surface area (Å²) in [6.45, 7) is 14.5. The fourth-order valence-electron chi connectivity index (χ4n) is 6.59. The molecule has 2 unspecified atom stereocenters. The molecule has 0 aromatic heterocycles. The molecule has 0 N–H and O–H groups in total. The molecule has 0 aliphatic heterocycles. The van der Waals surface area contributed by atoms with E-state index in [9.17, 15) is 14.4 Å². The van der Waals surface area contributed by atoms with Gasteiger partial charge in [0.15, 0.2) is 0 Å². The van der Waals surface area contributed by atoms with Gasteiger partial charge in [-0.2, -0.15) is 0 Å². The lowest BCUT2D eigenvalue weighted by atomic mass is 9.91. The minimum absolute atomic E-state index is 0.00115. The SMILES string of the molecule is CCCCC(CC)Cc1cccc(C(=O)N(C)CCN(CCN(C)C(=O)c2cccc(CC)c2)CCN(C)C(=O)c2cccc(CC(C)CC)c2)c1. The van der Waals surface area contributed by atoms with Gasteiger partial charge in [0.1, 0.15) is 0 Å². The molecule has 0 heterocycles. The molecule has 0 radical (unpaired) electrons. The number of aryl methyl sites for hydroxylation is 1. The van der Waals surface area contributed by atoms with Crippen molar-refractivity contribution < 1.29 is 14.4 Å². The van der Waals surface area contributed by atoms with Crippen LogP contribution in [0.4, 0.5) is 0 Å². The highest BCUT2D eigenvalue weighted by Gasteiger charge is 2.19. The lowest BCUT2D eigenvalue weighted by Gasteiger charge is -2.29. The number of amides is 3. The molecule has 3 aromatic rings. The van der Waals surface area contributed by atoms with Crippen molar-refractivity contribution in [1.29, 1.82) is 0 Å². The van der Waals surface area contributed by atoms with Crippen molar-refractivity contribution >= 4 is 17.7 Å². The van der Waals surface area contributed by atoms with E-state index in [0.29, 0.717) is 62.2 Å². The first-order valence-corrected chi connectivity index (χ1v) is 19.7. The Morgan fingerprint density at radius 2 is 0.981 bits per heavy atom. The van der Waals surface area contributed by atoms with Crippen LogP contribution in [0.15, 0.2) is 72.8 Å². The Balaban J connectivity index is 1.69. The van der Waals surface area contributed by atoms with Crippen LogP contribution in [-0.2, 0) is 19.3 Å². The third kappa shape index (κ3) is 13.5. The molecule has 0 aliphatic rings. The highest BCUT2D eigenvalue weighted by molar-refractivity contribution is 5.95. The second kappa shape index (κ2) is 22.2. The lowest BCUT2D eigenvalue weighted by molar-refractivity contribution is 0.0736. The average molecular weight is 711 g/mol. The fraction of sp³-hybridized carbons (Fsp3) is 0.533. The van der Waals surface area contributed by atoms with Gasteiger partial charge in [-0.25, -0.2) is 0 Å². The molecule has 0 saturated heterocycles. The number of carbonyl (C=O) groups is 3. The third-order valence-electron chi connectivity index (χ3n) is 10.6. The Morgan fingerprint density at radius 1 is 0.558 bits per heavy atom. The molecule has 7 heteroatoms. The summed E-state index contributed by atoms with van der Waals surface area (Å²) < 4.78 is 0. The van der Waals surface area contributed by atoms with Crippen LogP contribution in [0.2, 0.25) is 0 Å². The Kier molecular flexibility index (Phi) is 18.1. The Bertz CT molecular complexity index is 1550. The second-order valence-corrected chi connectivity index (χ2v) is 14.8. The molecular weight excluding hydrogens is 645 g/mol. The van der Waals surface area contributed by atoms with Crippen LogP contribution in [0, 0.1) is 11.8 Å². The summed E-state index contributed by atoms with van der Waals surface area (Å²) in [5, 5.41) is 0. The number of nitrogens with zero attached hydrogens (tertiary/aromatic N) is 4. The van der Waals surface area contributed by atoms with E-state index in [1.54, 1.807) is 14.7 Å². The van der Waals surface area contributed by atoms with Gasteiger partial charge in [0, 0.05) is 77.1 Å². The normalized spacial score (nSPS) is 12.4. The largest absolute Gasteiger partial charge is 0.340 e. The number of hydrogen-bond acceptors (Lipinski definition) is 4. The predicted molar refractivity (Wildman–Crippen MR) is 216 cm³/mol. The summed E-state index contributed by atoms with van der Waals surface area (Å²) in [6.07, 6.45) is 8.74. The maximum Gasteiger partial charge on any atom is 0.253 e. The molecule has 7 nitrogen and oxygen atoms in total. The molecule has 0 fully saturated rings. The first kappa shape index (κ1) is 42.4. The van der Waals surface area contributed by atoms with Crippen molar-refractivity contribution in [2.75, 3.05) is 60.4 Å². The molecule has 284 valence electrons. The van der Waals surface area contributed by atoms with Crippen LogP contribution in [0.25, 0.3) is 0 Å². The van der Waals surface area contributed by atoms with E-state index in [1.807, 2.05) is 75.7 Å². The smallest absolute Gasteiger partial charge is 0.253 e. The summed E-state index contributed by atoms with van der Waals surface area (Å²) in [5.74, 6) is 1.20. The van der Waals surface area contributed by atoms with E-state index in [2.05, 4.69) is 57.7 Å². The number of benzene rings is 3. The number of hydrogen-bond donors (Lipinski definition) is 0. The summed E-state index contributed by atoms with van der Waals surface area (Å²) in [7, 11) is 5.56. The lowest BCUT2D eigenvalue weighted by Crippen LogP contribution is -2.44. The predicted octanol–water partition coefficient (Wildman–Crippen LogP) is 8.51. The Hall–Kier alpha value is -3.97. The summed E-state index contributed by atoms with van der Waals surface area (Å²) >= 11 is 0. The number of carbonyl (C=O) groups excluding carboxylic acids is 3. The molecule has 52 heavy (non-hydrogen) atoms. The molecule has 0 saturated carbocycles. The van der Waals surface area contributed by atoms with E-state index in [1.165, 1.54) is 30.4 Å². The first-order chi connectivity index (χ1) is 25.0. The third-order valence-corrected chi connectivity index (χ3v) is 10.6. The van der Waals surface area contributed by atoms with Crippen LogP contribution < -0.4 is 0 Å². The van der Waals surface area contributed by atoms with Crippen LogP contribution >= 0.6 is 0 Å². The van der Waals surface area contributed by atoms with Crippen LogP contribution in [0.5, 0.6) is 0 Å². The minimum atomic E-state index is -0.00740. The molecule has 3 rings (SSSR count). The Labute approximate surface area is 315 Å². The van der Waals surface area contributed by atoms with Crippen molar-refractivity contribution in [2.45, 2.75) is 86.0 Å². The molecule has 3 amide bonds. The number of unbranched alkanes of at least 4 members (excludes halogenated alkanes) is 1. The van der Waals surface area contributed by atoms with Gasteiger partial charge >= 0.3 is 0 Å². The van der Waals surface area contributed by atoms with E-state index in [0.717, 1.165) is 43.2 Å². The minimum Gasteiger partial charge on any atom is -0.340 e. The zero-order chi connectivity index (χ0) is 38.0. The van der Waals surface area contributed by atoms with Gasteiger partial charge in [-0.05, 0) is 84.2 Å². The van der Waals surface area contributed by atoms with Gasteiger partial charge in [-0.1, -0.05) is 103 Å². The summed E-state index contributed by atoms with van der Waals surface area (Å²) in [6, 6.07) is 24.0. The van der Waals surface area contributed by atoms with Gasteiger partial charge in [-0.15, -0.1) is 0 Å². The molecule has 0 aliphatic carbocycles. The highest BCUT2D eigenvalue weighted by Crippen LogP contribution is 2.20. The van der Waals surface area contributed by atoms with E-state index in [4.69, 9.17) is 0 Å². The standard InChI is InChI=1S/C45H66N4O3/c1-9-13-17-36(11-3)31-39-20-16-23-42(34-39)45(52)48(8)26-29-49(27-24-46(6)43(50)40-21-14-18-37(12-4)32-40)28-25-47(7)44(51)41-22-15-19-38(33-41)30-35(5)10-2/h14-16,18-23,32-36H,9-13,17,24-31H2,1-8H3. The average Bonchev–Trinajstić information content (AvgIpc) is 3.17. The zero-order valence-electron chi connectivity index (χ0n) is 33.5. The van der Waals surface area contributed by atoms with Crippen molar-refractivity contribution in [3.05, 3.63) is 106 Å². The molecule has 2 atom stereocenters. The van der Waals surface area contributed by atoms with Crippen LogP contribution in [-0.4, -0.2) is 97.7 Å². The number of likely N-dealkylation sites (N-methyl/N-ethyl adjacent to an activating group) is 3. The first-order valence-electron chi connectivity index (χ1n) is 19.7. The van der Waals surface area contributed by atoms with E-state index < -0.39 is 0 Å². The van der Waals surface area contributed by atoms with Gasteiger partial charge in [0.25, 0.3) is 17.7 Å². The van der Waals surface area contributed by atoms with Crippen molar-refractivity contribution in [1.82, 2.24) is 19.6 Å². The fourth-order valence-corrected chi connectivity index (χ4v) is 6.59. The number of rotatable bonds is 22. The van der Waals surface area contributed by atoms with Crippen LogP contribution in [0.1, 0.15) is 114 Å². The Morgan fingerprint density at radius 3 is 1.38 bits per heavy atom. The van der Waals surface area contributed by atoms with E-state index >= 15 is 0 Å². The molecule has 3 aromatic carbocycles. The second-order valence-electron chi connectivity index (χ2n) is 14.8. The van der Waals surface area contributed by atoms with E-state index in [-0.39, 0.29) is 17.7 Å². The van der Waals surface area contributed by atoms with Gasteiger partial charge in [0.05, 0.1) is 0 Å². The van der Waals surface area contributed by atoms with Crippen molar-refractivity contribution in [3.63, 3.8) is 0 Å². The maximum absolute atomic E-state index is 13.6. The summed E-state index contributed by atoms with van der Waals surface area (Å²) in [4.78, 5) is 48.1.